The lowest BCUT2D eigenvalue weighted by Crippen LogP contribution is -2.23. The Morgan fingerprint density at radius 1 is 1.22 bits per heavy atom. The molecule has 0 atom stereocenters. The van der Waals surface area contributed by atoms with Gasteiger partial charge in [-0.15, -0.1) is 0 Å². The van der Waals surface area contributed by atoms with Gasteiger partial charge in [0.05, 0.1) is 0 Å². The Hall–Kier alpha value is -0.600. The molecule has 0 aromatic carbocycles. The zero-order valence-electron chi connectivity index (χ0n) is 5.28. The van der Waals surface area contributed by atoms with Gasteiger partial charge < -0.3 is 10.2 Å². The summed E-state index contributed by atoms with van der Waals surface area (Å²) in [6, 6.07) is 0. The van der Waals surface area contributed by atoms with Gasteiger partial charge in [-0.2, -0.15) is 0 Å². The van der Waals surface area contributed by atoms with Gasteiger partial charge in [0.2, 0.25) is 5.79 Å². The number of hydrogen-bond acceptors (Lipinski definition) is 2. The molecule has 50 valence electrons. The average Bonchev–Trinajstić information content (AvgIpc) is 1.78. The van der Waals surface area contributed by atoms with Crippen LogP contribution < -0.4 is 0 Å². The molecule has 0 radical (unpaired) electrons. The summed E-state index contributed by atoms with van der Waals surface area (Å²) < 4.78 is 0. The Morgan fingerprint density at radius 3 is 2.00 bits per heavy atom. The summed E-state index contributed by atoms with van der Waals surface area (Å²) in [5, 5.41) is 17.7. The molecule has 1 aliphatic carbocycles. The minimum Gasteiger partial charge on any atom is -0.359 e. The third kappa shape index (κ3) is 1.66. The van der Waals surface area contributed by atoms with Crippen LogP contribution in [0.1, 0.15) is 6.92 Å². The molecule has 0 aromatic heterocycles. The summed E-state index contributed by atoms with van der Waals surface area (Å²) >= 11 is 0. The summed E-state index contributed by atoms with van der Waals surface area (Å²) in [6.07, 6.45) is 6.25. The van der Waals surface area contributed by atoms with Gasteiger partial charge in [-0.3, -0.25) is 0 Å². The molecule has 0 bridgehead atoms. The van der Waals surface area contributed by atoms with Gasteiger partial charge in [0.1, 0.15) is 0 Å². The molecule has 0 saturated carbocycles. The van der Waals surface area contributed by atoms with E-state index in [0.717, 1.165) is 0 Å². The van der Waals surface area contributed by atoms with E-state index in [9.17, 15) is 0 Å². The molecule has 0 heterocycles. The highest BCUT2D eigenvalue weighted by molar-refractivity contribution is 5.16. The largest absolute Gasteiger partial charge is 0.359 e. The zero-order valence-corrected chi connectivity index (χ0v) is 5.28. The van der Waals surface area contributed by atoms with Gasteiger partial charge >= 0.3 is 0 Å². The molecule has 0 amide bonds. The van der Waals surface area contributed by atoms with Crippen molar-refractivity contribution < 1.29 is 10.2 Å². The van der Waals surface area contributed by atoms with E-state index in [1.807, 2.05) is 6.92 Å². The molecular weight excluding hydrogens is 116 g/mol. The monoisotopic (exact) mass is 126 g/mol. The highest BCUT2D eigenvalue weighted by Gasteiger charge is 2.16. The Balaban J connectivity index is 2.70. The molecule has 2 heteroatoms. The Labute approximate surface area is 54.1 Å². The van der Waals surface area contributed by atoms with Gasteiger partial charge in [0, 0.05) is 0 Å². The van der Waals surface area contributed by atoms with Crippen molar-refractivity contribution in [3.8, 4) is 0 Å². The van der Waals surface area contributed by atoms with Crippen LogP contribution in [0.15, 0.2) is 24.3 Å². The highest BCUT2D eigenvalue weighted by atomic mass is 16.5. The fourth-order valence-corrected chi connectivity index (χ4v) is 0.707. The van der Waals surface area contributed by atoms with Gasteiger partial charge in [-0.05, 0) is 18.1 Å². The second-order valence-corrected chi connectivity index (χ2v) is 2.36. The highest BCUT2D eigenvalue weighted by Crippen LogP contribution is 2.14. The van der Waals surface area contributed by atoms with Crippen LogP contribution in [0, 0.1) is 5.92 Å². The second kappa shape index (κ2) is 1.97. The summed E-state index contributed by atoms with van der Waals surface area (Å²) in [4.78, 5) is 0. The molecular formula is C7H10O2. The molecule has 0 spiro atoms. The van der Waals surface area contributed by atoms with Crippen molar-refractivity contribution >= 4 is 0 Å². The normalized spacial score (nSPS) is 24.8. The van der Waals surface area contributed by atoms with E-state index < -0.39 is 5.79 Å². The SMILES string of the molecule is CC1C=CC(O)(O)C=C1. The first-order valence-electron chi connectivity index (χ1n) is 2.94. The van der Waals surface area contributed by atoms with E-state index in [0.29, 0.717) is 5.92 Å². The first-order valence-corrected chi connectivity index (χ1v) is 2.94. The summed E-state index contributed by atoms with van der Waals surface area (Å²) in [5.41, 5.74) is 0. The van der Waals surface area contributed by atoms with Gasteiger partial charge in [0.25, 0.3) is 0 Å². The maximum absolute atomic E-state index is 8.87. The van der Waals surface area contributed by atoms with Crippen LogP contribution in [0.4, 0.5) is 0 Å². The minimum absolute atomic E-state index is 0.317. The molecule has 0 fully saturated rings. The van der Waals surface area contributed by atoms with E-state index in [2.05, 4.69) is 0 Å². The van der Waals surface area contributed by atoms with Crippen LogP contribution >= 0.6 is 0 Å². The molecule has 0 saturated heterocycles. The average molecular weight is 126 g/mol. The Morgan fingerprint density at radius 2 is 1.67 bits per heavy atom. The lowest BCUT2D eigenvalue weighted by molar-refractivity contribution is -0.0757. The first kappa shape index (κ1) is 6.52. The summed E-state index contributed by atoms with van der Waals surface area (Å²) in [6.45, 7) is 1.97. The number of allylic oxidation sites excluding steroid dienone is 2. The van der Waals surface area contributed by atoms with E-state index in [1.165, 1.54) is 12.2 Å². The van der Waals surface area contributed by atoms with Crippen LogP contribution in [-0.4, -0.2) is 16.0 Å². The fraction of sp³-hybridized carbons (Fsp3) is 0.429. The van der Waals surface area contributed by atoms with Crippen molar-refractivity contribution in [1.29, 1.82) is 0 Å². The van der Waals surface area contributed by atoms with Crippen LogP contribution in [0.25, 0.3) is 0 Å². The predicted octanol–water partition coefficient (Wildman–Crippen LogP) is 0.429. The third-order valence-corrected chi connectivity index (χ3v) is 1.29. The van der Waals surface area contributed by atoms with Crippen LogP contribution in [0.5, 0.6) is 0 Å². The van der Waals surface area contributed by atoms with E-state index in [1.54, 1.807) is 12.2 Å². The lowest BCUT2D eigenvalue weighted by Gasteiger charge is -2.16. The topological polar surface area (TPSA) is 40.5 Å². The minimum atomic E-state index is -1.70. The van der Waals surface area contributed by atoms with Crippen molar-refractivity contribution in [2.24, 2.45) is 5.92 Å². The van der Waals surface area contributed by atoms with Crippen LogP contribution in [0.2, 0.25) is 0 Å². The Bertz CT molecular complexity index is 140. The number of aliphatic hydroxyl groups is 2. The standard InChI is InChI=1S/C7H10O2/c1-6-2-4-7(8,9)5-3-6/h2-6,8-9H,1H3. The molecule has 1 rings (SSSR count). The van der Waals surface area contributed by atoms with Crippen molar-refractivity contribution in [3.05, 3.63) is 24.3 Å². The first-order chi connectivity index (χ1) is 4.10. The Kier molecular flexibility index (Phi) is 1.43. The molecule has 0 aromatic rings. The maximum Gasteiger partial charge on any atom is 0.202 e. The van der Waals surface area contributed by atoms with Crippen molar-refractivity contribution in [2.45, 2.75) is 12.7 Å². The van der Waals surface area contributed by atoms with Gasteiger partial charge in [0.15, 0.2) is 0 Å². The fourth-order valence-electron chi connectivity index (χ4n) is 0.707. The summed E-state index contributed by atoms with van der Waals surface area (Å²) in [7, 11) is 0. The molecule has 1 aliphatic rings. The number of rotatable bonds is 0. The second-order valence-electron chi connectivity index (χ2n) is 2.36. The van der Waals surface area contributed by atoms with E-state index in [4.69, 9.17) is 10.2 Å². The van der Waals surface area contributed by atoms with Gasteiger partial charge in [-0.25, -0.2) is 0 Å². The third-order valence-electron chi connectivity index (χ3n) is 1.29. The molecule has 2 nitrogen and oxygen atoms in total. The van der Waals surface area contributed by atoms with Crippen molar-refractivity contribution in [2.75, 3.05) is 0 Å². The zero-order chi connectivity index (χ0) is 6.91. The lowest BCUT2D eigenvalue weighted by atomic mass is 10.0. The molecule has 0 unspecified atom stereocenters. The summed E-state index contributed by atoms with van der Waals surface area (Å²) in [5.74, 6) is -1.38. The van der Waals surface area contributed by atoms with Crippen LogP contribution in [0.3, 0.4) is 0 Å². The molecule has 2 N–H and O–H groups in total. The predicted molar refractivity (Wildman–Crippen MR) is 34.6 cm³/mol. The van der Waals surface area contributed by atoms with Crippen LogP contribution in [-0.2, 0) is 0 Å². The van der Waals surface area contributed by atoms with Crippen molar-refractivity contribution in [1.82, 2.24) is 0 Å². The van der Waals surface area contributed by atoms with E-state index >= 15 is 0 Å². The maximum atomic E-state index is 8.87. The quantitative estimate of drug-likeness (QED) is 0.365. The smallest absolute Gasteiger partial charge is 0.202 e. The molecule has 9 heavy (non-hydrogen) atoms. The molecule has 0 aliphatic heterocycles. The van der Waals surface area contributed by atoms with Gasteiger partial charge in [-0.1, -0.05) is 19.1 Å². The number of hydrogen-bond donors (Lipinski definition) is 2. The van der Waals surface area contributed by atoms with Crippen molar-refractivity contribution in [3.63, 3.8) is 0 Å². The van der Waals surface area contributed by atoms with E-state index in [-0.39, 0.29) is 0 Å².